The number of aryl methyl sites for hydroxylation is 1. The van der Waals surface area contributed by atoms with Crippen molar-refractivity contribution in [2.24, 2.45) is 5.41 Å². The van der Waals surface area contributed by atoms with Crippen LogP contribution in [0.3, 0.4) is 0 Å². The SMILES string of the molecule is Cc1cc(CN2CCC[C@]3(CCN(C)C3)C2)c(C)n1-n1cnnc1. The Morgan fingerprint density at radius 1 is 1.08 bits per heavy atom. The first-order chi connectivity index (χ1) is 11.6. The summed E-state index contributed by atoms with van der Waals surface area (Å²) in [4.78, 5) is 5.17. The second-order valence-corrected chi connectivity index (χ2v) is 7.85. The van der Waals surface area contributed by atoms with E-state index in [1.807, 2.05) is 4.68 Å². The van der Waals surface area contributed by atoms with Crippen LogP contribution in [-0.4, -0.2) is 62.6 Å². The van der Waals surface area contributed by atoms with Gasteiger partial charge in [0, 0.05) is 31.0 Å². The third kappa shape index (κ3) is 2.78. The van der Waals surface area contributed by atoms with E-state index in [2.05, 4.69) is 51.6 Å². The van der Waals surface area contributed by atoms with Gasteiger partial charge in [-0.05, 0) is 70.3 Å². The topological polar surface area (TPSA) is 42.1 Å². The molecule has 4 heterocycles. The molecule has 2 aromatic rings. The lowest BCUT2D eigenvalue weighted by Crippen LogP contribution is -2.44. The minimum absolute atomic E-state index is 0.535. The van der Waals surface area contributed by atoms with Crippen LogP contribution in [0.25, 0.3) is 0 Å². The summed E-state index contributed by atoms with van der Waals surface area (Å²) in [5.74, 6) is 0. The van der Waals surface area contributed by atoms with Gasteiger partial charge in [-0.1, -0.05) is 0 Å². The van der Waals surface area contributed by atoms with Gasteiger partial charge in [-0.15, -0.1) is 10.2 Å². The predicted octanol–water partition coefficient (Wildman–Crippen LogP) is 1.93. The zero-order chi connectivity index (χ0) is 16.7. The molecule has 2 aliphatic rings. The normalized spacial score (nSPS) is 25.8. The van der Waals surface area contributed by atoms with Crippen molar-refractivity contribution in [2.75, 3.05) is 33.2 Å². The summed E-state index contributed by atoms with van der Waals surface area (Å²) >= 11 is 0. The number of hydrogen-bond acceptors (Lipinski definition) is 4. The molecule has 0 amide bonds. The molecular weight excluding hydrogens is 300 g/mol. The number of aromatic nitrogens is 4. The number of hydrogen-bond donors (Lipinski definition) is 0. The maximum Gasteiger partial charge on any atom is 0.139 e. The molecule has 130 valence electrons. The van der Waals surface area contributed by atoms with E-state index in [0.29, 0.717) is 5.41 Å². The molecular formula is C18H28N6. The minimum Gasteiger partial charge on any atom is -0.306 e. The van der Waals surface area contributed by atoms with Crippen molar-refractivity contribution < 1.29 is 0 Å². The molecule has 6 nitrogen and oxygen atoms in total. The molecule has 0 saturated carbocycles. The largest absolute Gasteiger partial charge is 0.306 e. The van der Waals surface area contributed by atoms with Crippen molar-refractivity contribution in [3.05, 3.63) is 35.7 Å². The zero-order valence-electron chi connectivity index (χ0n) is 15.1. The van der Waals surface area contributed by atoms with Gasteiger partial charge < -0.3 is 4.90 Å². The van der Waals surface area contributed by atoms with Gasteiger partial charge in [-0.2, -0.15) is 0 Å². The Bertz CT molecular complexity index is 699. The van der Waals surface area contributed by atoms with E-state index in [1.165, 1.54) is 62.4 Å². The van der Waals surface area contributed by atoms with Gasteiger partial charge in [0.2, 0.25) is 0 Å². The molecule has 0 bridgehead atoms. The molecule has 1 atom stereocenters. The van der Waals surface area contributed by atoms with Crippen LogP contribution in [-0.2, 0) is 6.54 Å². The van der Waals surface area contributed by atoms with E-state index in [9.17, 15) is 0 Å². The van der Waals surface area contributed by atoms with Gasteiger partial charge in [0.25, 0.3) is 0 Å². The highest BCUT2D eigenvalue weighted by Crippen LogP contribution is 2.38. The van der Waals surface area contributed by atoms with E-state index in [-0.39, 0.29) is 0 Å². The molecule has 2 aromatic heterocycles. The molecule has 0 unspecified atom stereocenters. The van der Waals surface area contributed by atoms with Crippen LogP contribution in [0.5, 0.6) is 0 Å². The molecule has 0 aromatic carbocycles. The number of piperidine rings is 1. The summed E-state index contributed by atoms with van der Waals surface area (Å²) in [7, 11) is 2.26. The van der Waals surface area contributed by atoms with E-state index >= 15 is 0 Å². The highest BCUT2D eigenvalue weighted by atomic mass is 15.5. The number of likely N-dealkylation sites (tertiary alicyclic amines) is 2. The van der Waals surface area contributed by atoms with Crippen LogP contribution < -0.4 is 0 Å². The Hall–Kier alpha value is -1.66. The van der Waals surface area contributed by atoms with E-state index in [1.54, 1.807) is 12.7 Å². The molecule has 0 N–H and O–H groups in total. The first-order valence-corrected chi connectivity index (χ1v) is 9.00. The van der Waals surface area contributed by atoms with Crippen LogP contribution in [0.4, 0.5) is 0 Å². The second kappa shape index (κ2) is 6.01. The standard InChI is InChI=1S/C18H28N6/c1-15-9-17(16(2)24(15)23-13-19-20-14-23)10-22-7-4-5-18(12-22)6-8-21(3)11-18/h9,13-14H,4-8,10-12H2,1-3H3/t18-/m1/s1. The summed E-state index contributed by atoms with van der Waals surface area (Å²) in [5, 5.41) is 7.88. The first-order valence-electron chi connectivity index (χ1n) is 9.00. The fourth-order valence-electron chi connectivity index (χ4n) is 4.81. The van der Waals surface area contributed by atoms with E-state index < -0.39 is 0 Å². The Labute approximate surface area is 144 Å². The Balaban J connectivity index is 1.52. The van der Waals surface area contributed by atoms with Crippen LogP contribution >= 0.6 is 0 Å². The maximum absolute atomic E-state index is 3.94. The lowest BCUT2D eigenvalue weighted by molar-refractivity contribution is 0.0898. The molecule has 2 saturated heterocycles. The molecule has 4 rings (SSSR count). The lowest BCUT2D eigenvalue weighted by Gasteiger charge is -2.40. The molecule has 2 fully saturated rings. The zero-order valence-corrected chi connectivity index (χ0v) is 15.1. The second-order valence-electron chi connectivity index (χ2n) is 7.85. The highest BCUT2D eigenvalue weighted by Gasteiger charge is 2.40. The third-order valence-electron chi connectivity index (χ3n) is 5.90. The van der Waals surface area contributed by atoms with Gasteiger partial charge in [-0.3, -0.25) is 9.58 Å². The number of nitrogens with zero attached hydrogens (tertiary/aromatic N) is 6. The van der Waals surface area contributed by atoms with E-state index in [4.69, 9.17) is 0 Å². The summed E-state index contributed by atoms with van der Waals surface area (Å²) in [6.45, 7) is 10.4. The van der Waals surface area contributed by atoms with Crippen LogP contribution in [0.15, 0.2) is 18.7 Å². The Morgan fingerprint density at radius 2 is 1.88 bits per heavy atom. The van der Waals surface area contributed by atoms with Crippen molar-refractivity contribution in [2.45, 2.75) is 39.7 Å². The van der Waals surface area contributed by atoms with Gasteiger partial charge in [0.05, 0.1) is 0 Å². The van der Waals surface area contributed by atoms with Gasteiger partial charge in [0.15, 0.2) is 0 Å². The summed E-state index contributed by atoms with van der Waals surface area (Å²) in [6.07, 6.45) is 7.60. The Kier molecular flexibility index (Phi) is 3.96. The van der Waals surface area contributed by atoms with Crippen LogP contribution in [0.1, 0.15) is 36.2 Å². The predicted molar refractivity (Wildman–Crippen MR) is 93.8 cm³/mol. The molecule has 0 radical (unpaired) electrons. The minimum atomic E-state index is 0.535. The fourth-order valence-corrected chi connectivity index (χ4v) is 4.81. The van der Waals surface area contributed by atoms with Crippen LogP contribution in [0, 0.1) is 19.3 Å². The smallest absolute Gasteiger partial charge is 0.139 e. The van der Waals surface area contributed by atoms with Crippen molar-refractivity contribution in [1.82, 2.24) is 29.3 Å². The van der Waals surface area contributed by atoms with Crippen molar-refractivity contribution in [3.63, 3.8) is 0 Å². The van der Waals surface area contributed by atoms with Crippen molar-refractivity contribution in [3.8, 4) is 0 Å². The van der Waals surface area contributed by atoms with Gasteiger partial charge >= 0.3 is 0 Å². The average Bonchev–Trinajstić information content (AvgIpc) is 3.23. The van der Waals surface area contributed by atoms with Crippen LogP contribution in [0.2, 0.25) is 0 Å². The molecule has 1 spiro atoms. The lowest BCUT2D eigenvalue weighted by atomic mass is 9.79. The molecule has 6 heteroatoms. The fraction of sp³-hybridized carbons (Fsp3) is 0.667. The first kappa shape index (κ1) is 15.8. The number of rotatable bonds is 3. The summed E-state index contributed by atoms with van der Waals surface area (Å²) in [5.41, 5.74) is 4.47. The van der Waals surface area contributed by atoms with Gasteiger partial charge in [0.1, 0.15) is 12.7 Å². The summed E-state index contributed by atoms with van der Waals surface area (Å²) in [6, 6.07) is 2.32. The molecule has 2 aliphatic heterocycles. The summed E-state index contributed by atoms with van der Waals surface area (Å²) < 4.78 is 4.15. The monoisotopic (exact) mass is 328 g/mol. The molecule has 24 heavy (non-hydrogen) atoms. The van der Waals surface area contributed by atoms with Crippen molar-refractivity contribution >= 4 is 0 Å². The van der Waals surface area contributed by atoms with Crippen molar-refractivity contribution in [1.29, 1.82) is 0 Å². The quantitative estimate of drug-likeness (QED) is 0.863. The maximum atomic E-state index is 3.94. The molecule has 0 aliphatic carbocycles. The third-order valence-corrected chi connectivity index (χ3v) is 5.90. The average molecular weight is 328 g/mol. The van der Waals surface area contributed by atoms with E-state index in [0.717, 1.165) is 6.54 Å². The van der Waals surface area contributed by atoms with Gasteiger partial charge in [-0.25, -0.2) is 4.68 Å². The Morgan fingerprint density at radius 3 is 2.58 bits per heavy atom. The highest BCUT2D eigenvalue weighted by molar-refractivity contribution is 5.27.